The number of rotatable bonds is 8. The summed E-state index contributed by atoms with van der Waals surface area (Å²) >= 11 is 0. The number of amides is 1. The van der Waals surface area contributed by atoms with Crippen molar-refractivity contribution in [3.05, 3.63) is 83.5 Å². The lowest BCUT2D eigenvalue weighted by atomic mass is 9.89. The highest BCUT2D eigenvalue weighted by atomic mass is 16.1. The number of benzene rings is 2. The molecule has 0 unspecified atom stereocenters. The van der Waals surface area contributed by atoms with Crippen molar-refractivity contribution >= 4 is 34.3 Å². The summed E-state index contributed by atoms with van der Waals surface area (Å²) in [7, 11) is 4.08. The Kier molecular flexibility index (Phi) is 8.47. The number of anilines is 3. The Hall–Kier alpha value is -3.60. The molecule has 0 spiro atoms. The zero-order valence-corrected chi connectivity index (χ0v) is 21.2. The minimum Gasteiger partial charge on any atom is -0.378 e. The first-order valence-electron chi connectivity index (χ1n) is 12.0. The second-order valence-corrected chi connectivity index (χ2v) is 8.42. The van der Waals surface area contributed by atoms with E-state index in [1.165, 1.54) is 0 Å². The van der Waals surface area contributed by atoms with E-state index in [0.717, 1.165) is 64.7 Å². The molecule has 1 aliphatic rings. The summed E-state index contributed by atoms with van der Waals surface area (Å²) in [6.45, 7) is 10.4. The Morgan fingerprint density at radius 2 is 1.50 bits per heavy atom. The molecular weight excluding hydrogens is 420 g/mol. The fraction of sp³-hybridized carbons (Fsp3) is 0.310. The van der Waals surface area contributed by atoms with E-state index in [4.69, 9.17) is 0 Å². The van der Waals surface area contributed by atoms with Crippen molar-refractivity contribution in [2.45, 2.75) is 27.7 Å². The van der Waals surface area contributed by atoms with Gasteiger partial charge in [0.05, 0.1) is 11.4 Å². The molecule has 178 valence electrons. The number of carbonyl (C=O) groups is 1. The van der Waals surface area contributed by atoms with Gasteiger partial charge in [-0.05, 0) is 73.9 Å². The van der Waals surface area contributed by atoms with Crippen LogP contribution >= 0.6 is 0 Å². The molecule has 1 N–H and O–H groups in total. The lowest BCUT2D eigenvalue weighted by Crippen LogP contribution is -2.22. The maximum Gasteiger partial charge on any atom is 0.221 e. The van der Waals surface area contributed by atoms with Gasteiger partial charge in [-0.15, -0.1) is 0 Å². The molecule has 2 aromatic carbocycles. The number of hydrogen-bond donors (Lipinski definition) is 1. The highest BCUT2D eigenvalue weighted by Crippen LogP contribution is 2.37. The van der Waals surface area contributed by atoms with Crippen LogP contribution in [0.2, 0.25) is 0 Å². The first kappa shape index (κ1) is 25.0. The highest BCUT2D eigenvalue weighted by molar-refractivity contribution is 6.07. The summed E-state index contributed by atoms with van der Waals surface area (Å²) in [5.41, 5.74) is 8.24. The average Bonchev–Trinajstić information content (AvgIpc) is 2.82. The minimum atomic E-state index is -0.0858. The third kappa shape index (κ3) is 5.84. The fourth-order valence-corrected chi connectivity index (χ4v) is 4.15. The van der Waals surface area contributed by atoms with Crippen molar-refractivity contribution in [2.24, 2.45) is 4.99 Å². The first-order chi connectivity index (χ1) is 16.4. The Bertz CT molecular complexity index is 1120. The van der Waals surface area contributed by atoms with Gasteiger partial charge in [0.1, 0.15) is 0 Å². The predicted molar refractivity (Wildman–Crippen MR) is 147 cm³/mol. The van der Waals surface area contributed by atoms with Crippen LogP contribution in [0.5, 0.6) is 0 Å². The van der Waals surface area contributed by atoms with Gasteiger partial charge in [0, 0.05) is 57.6 Å². The molecule has 0 fully saturated rings. The quantitative estimate of drug-likeness (QED) is 0.534. The normalized spacial score (nSPS) is 12.5. The summed E-state index contributed by atoms with van der Waals surface area (Å²) < 4.78 is 0. The zero-order chi connectivity index (χ0) is 24.7. The molecule has 0 saturated carbocycles. The topological polar surface area (TPSA) is 47.9 Å². The van der Waals surface area contributed by atoms with Crippen molar-refractivity contribution in [1.82, 2.24) is 0 Å². The van der Waals surface area contributed by atoms with Crippen LogP contribution in [-0.4, -0.2) is 45.3 Å². The molecule has 5 heteroatoms. The van der Waals surface area contributed by atoms with E-state index in [9.17, 15) is 4.79 Å². The molecule has 0 atom stereocenters. The Morgan fingerprint density at radius 1 is 0.882 bits per heavy atom. The third-order valence-electron chi connectivity index (χ3n) is 5.88. The lowest BCUT2D eigenvalue weighted by molar-refractivity contribution is -0.114. The zero-order valence-electron chi connectivity index (χ0n) is 21.2. The number of nitrogens with zero attached hydrogens (tertiary/aromatic N) is 3. The maximum absolute atomic E-state index is 12.2. The SMILES string of the molecule is CCN=C1C=CC(=C(c2ccc(N(C)C)cc2)c2ccc(N(CC)CC)cc2NC(C)=O)C=C1. The van der Waals surface area contributed by atoms with E-state index in [1.54, 1.807) is 6.92 Å². The number of aliphatic imine (C=N–C) groups is 1. The van der Waals surface area contributed by atoms with Gasteiger partial charge in [0.25, 0.3) is 0 Å². The molecule has 34 heavy (non-hydrogen) atoms. The highest BCUT2D eigenvalue weighted by Gasteiger charge is 2.17. The number of carbonyl (C=O) groups excluding carboxylic acids is 1. The molecule has 0 radical (unpaired) electrons. The van der Waals surface area contributed by atoms with Gasteiger partial charge < -0.3 is 15.1 Å². The summed E-state index contributed by atoms with van der Waals surface area (Å²) in [6.07, 6.45) is 8.32. The molecule has 0 heterocycles. The van der Waals surface area contributed by atoms with Crippen molar-refractivity contribution in [1.29, 1.82) is 0 Å². The molecule has 1 aliphatic carbocycles. The van der Waals surface area contributed by atoms with Crippen molar-refractivity contribution in [3.63, 3.8) is 0 Å². The van der Waals surface area contributed by atoms with Crippen molar-refractivity contribution < 1.29 is 4.79 Å². The number of hydrogen-bond acceptors (Lipinski definition) is 4. The van der Waals surface area contributed by atoms with Gasteiger partial charge in [-0.3, -0.25) is 9.79 Å². The summed E-state index contributed by atoms with van der Waals surface area (Å²) in [5, 5.41) is 3.08. The summed E-state index contributed by atoms with van der Waals surface area (Å²) in [5.74, 6) is -0.0858. The third-order valence-corrected chi connectivity index (χ3v) is 5.88. The predicted octanol–water partition coefficient (Wildman–Crippen LogP) is 5.95. The van der Waals surface area contributed by atoms with E-state index in [2.05, 4.69) is 101 Å². The van der Waals surface area contributed by atoms with Crippen LogP contribution in [0.25, 0.3) is 5.57 Å². The van der Waals surface area contributed by atoms with Crippen LogP contribution < -0.4 is 15.1 Å². The monoisotopic (exact) mass is 456 g/mol. The van der Waals surface area contributed by atoms with Gasteiger partial charge >= 0.3 is 0 Å². The van der Waals surface area contributed by atoms with E-state index in [0.29, 0.717) is 0 Å². The van der Waals surface area contributed by atoms with Crippen LogP contribution in [0.1, 0.15) is 38.8 Å². The minimum absolute atomic E-state index is 0.0858. The number of allylic oxidation sites excluding steroid dienone is 5. The van der Waals surface area contributed by atoms with E-state index in [1.807, 2.05) is 21.0 Å². The smallest absolute Gasteiger partial charge is 0.221 e. The van der Waals surface area contributed by atoms with Gasteiger partial charge in [-0.2, -0.15) is 0 Å². The second-order valence-electron chi connectivity index (χ2n) is 8.42. The standard InChI is InChI=1S/C29H36N4O/c1-7-30-24-14-10-22(11-15-24)29(23-12-16-25(17-13-23)32(5)6)27-19-18-26(33(8-2)9-3)20-28(27)31-21(4)34/h10-20H,7-9H2,1-6H3,(H,31,34). The molecule has 0 aliphatic heterocycles. The number of nitrogens with one attached hydrogen (secondary N) is 1. The van der Waals surface area contributed by atoms with Gasteiger partial charge in [0.15, 0.2) is 0 Å². The lowest BCUT2D eigenvalue weighted by Gasteiger charge is -2.24. The van der Waals surface area contributed by atoms with Crippen LogP contribution in [0, 0.1) is 0 Å². The molecule has 3 rings (SSSR count). The summed E-state index contributed by atoms with van der Waals surface area (Å²) in [4.78, 5) is 21.0. The van der Waals surface area contributed by atoms with Crippen LogP contribution in [0.3, 0.4) is 0 Å². The molecule has 0 saturated heterocycles. The van der Waals surface area contributed by atoms with Crippen LogP contribution in [0.15, 0.2) is 77.3 Å². The average molecular weight is 457 g/mol. The first-order valence-corrected chi connectivity index (χ1v) is 12.0. The van der Waals surface area contributed by atoms with Gasteiger partial charge in [0.2, 0.25) is 5.91 Å². The molecule has 2 aromatic rings. The van der Waals surface area contributed by atoms with Gasteiger partial charge in [-0.25, -0.2) is 0 Å². The molecule has 5 nitrogen and oxygen atoms in total. The van der Waals surface area contributed by atoms with Crippen LogP contribution in [-0.2, 0) is 4.79 Å². The molecule has 0 aromatic heterocycles. The fourth-order valence-electron chi connectivity index (χ4n) is 4.15. The van der Waals surface area contributed by atoms with Crippen molar-refractivity contribution in [2.75, 3.05) is 48.8 Å². The largest absolute Gasteiger partial charge is 0.378 e. The Morgan fingerprint density at radius 3 is 2.03 bits per heavy atom. The summed E-state index contributed by atoms with van der Waals surface area (Å²) in [6, 6.07) is 14.9. The Balaban J connectivity index is 2.23. The molecular formula is C29H36N4O. The van der Waals surface area contributed by atoms with Crippen LogP contribution in [0.4, 0.5) is 17.1 Å². The van der Waals surface area contributed by atoms with E-state index < -0.39 is 0 Å². The molecule has 0 bridgehead atoms. The van der Waals surface area contributed by atoms with Gasteiger partial charge in [-0.1, -0.05) is 30.4 Å². The van der Waals surface area contributed by atoms with Crippen molar-refractivity contribution in [3.8, 4) is 0 Å². The molecule has 1 amide bonds. The van der Waals surface area contributed by atoms with E-state index in [-0.39, 0.29) is 5.91 Å². The van der Waals surface area contributed by atoms with E-state index >= 15 is 0 Å². The Labute approximate surface area is 204 Å². The second kappa shape index (κ2) is 11.5. The maximum atomic E-state index is 12.2.